The number of rotatable bonds is 3. The Morgan fingerprint density at radius 1 is 1.30 bits per heavy atom. The Balaban J connectivity index is 2.00. The molecule has 1 N–H and O–H groups in total. The lowest BCUT2D eigenvalue weighted by Gasteiger charge is -2.22. The molecule has 0 unspecified atom stereocenters. The van der Waals surface area contributed by atoms with Gasteiger partial charge in [-0.15, -0.1) is 0 Å². The van der Waals surface area contributed by atoms with Gasteiger partial charge in [0.05, 0.1) is 5.69 Å². The lowest BCUT2D eigenvalue weighted by Crippen LogP contribution is -2.15. The molecule has 2 aromatic heterocycles. The van der Waals surface area contributed by atoms with Crippen LogP contribution in [-0.4, -0.2) is 14.5 Å². The summed E-state index contributed by atoms with van der Waals surface area (Å²) in [4.78, 5) is 19.3. The second kappa shape index (κ2) is 5.65. The summed E-state index contributed by atoms with van der Waals surface area (Å²) in [6.45, 7) is 2.08. The van der Waals surface area contributed by atoms with Gasteiger partial charge in [0.25, 0.3) is 0 Å². The highest BCUT2D eigenvalue weighted by molar-refractivity contribution is 5.35. The van der Waals surface area contributed by atoms with Crippen molar-refractivity contribution in [3.8, 4) is 5.69 Å². The summed E-state index contributed by atoms with van der Waals surface area (Å²) in [5.41, 5.74) is 2.01. The molecule has 0 amide bonds. The van der Waals surface area contributed by atoms with E-state index < -0.39 is 0 Å². The van der Waals surface area contributed by atoms with E-state index >= 15 is 0 Å². The number of H-pyrrole nitrogens is 1. The van der Waals surface area contributed by atoms with E-state index in [0.717, 1.165) is 23.6 Å². The number of nitrogens with zero attached hydrogens (tertiary/aromatic N) is 2. The average molecular weight is 271 g/mol. The minimum Gasteiger partial charge on any atom is -0.326 e. The van der Waals surface area contributed by atoms with Gasteiger partial charge in [0, 0.05) is 30.6 Å². The summed E-state index contributed by atoms with van der Waals surface area (Å²) in [6, 6.07) is 3.78. The fourth-order valence-electron chi connectivity index (χ4n) is 3.15. The molecule has 0 radical (unpaired) electrons. The number of aromatic amines is 1. The SMILES string of the molecule is CCc1nccn1-c1cc(C2CCCCC2)[nH]c(=O)c1. The molecular weight excluding hydrogens is 250 g/mol. The first-order valence-corrected chi connectivity index (χ1v) is 7.55. The van der Waals surface area contributed by atoms with Crippen LogP contribution >= 0.6 is 0 Å². The fraction of sp³-hybridized carbons (Fsp3) is 0.500. The second-order valence-electron chi connectivity index (χ2n) is 5.56. The molecule has 0 atom stereocenters. The molecule has 0 saturated heterocycles. The first kappa shape index (κ1) is 13.2. The van der Waals surface area contributed by atoms with Gasteiger partial charge in [0.1, 0.15) is 5.82 Å². The zero-order chi connectivity index (χ0) is 13.9. The molecule has 0 spiro atoms. The Labute approximate surface area is 118 Å². The Kier molecular flexibility index (Phi) is 3.72. The highest BCUT2D eigenvalue weighted by Crippen LogP contribution is 2.31. The van der Waals surface area contributed by atoms with Crippen molar-refractivity contribution in [3.63, 3.8) is 0 Å². The van der Waals surface area contributed by atoms with E-state index in [1.807, 2.05) is 10.8 Å². The van der Waals surface area contributed by atoms with Crippen molar-refractivity contribution in [2.75, 3.05) is 0 Å². The molecule has 0 bridgehead atoms. The molecular formula is C16H21N3O. The summed E-state index contributed by atoms with van der Waals surface area (Å²) >= 11 is 0. The highest BCUT2D eigenvalue weighted by atomic mass is 16.1. The summed E-state index contributed by atoms with van der Waals surface area (Å²) in [7, 11) is 0. The fourth-order valence-corrected chi connectivity index (χ4v) is 3.15. The molecule has 1 saturated carbocycles. The average Bonchev–Trinajstić information content (AvgIpc) is 2.96. The van der Waals surface area contributed by atoms with Crippen LogP contribution in [0.15, 0.2) is 29.3 Å². The summed E-state index contributed by atoms with van der Waals surface area (Å²) in [6.07, 6.45) is 10.8. The largest absolute Gasteiger partial charge is 0.326 e. The zero-order valence-electron chi connectivity index (χ0n) is 11.9. The van der Waals surface area contributed by atoms with Crippen LogP contribution in [0.2, 0.25) is 0 Å². The van der Waals surface area contributed by atoms with Crippen LogP contribution in [0.3, 0.4) is 0 Å². The lowest BCUT2D eigenvalue weighted by atomic mass is 9.86. The van der Waals surface area contributed by atoms with Crippen molar-refractivity contribution in [1.29, 1.82) is 0 Å². The summed E-state index contributed by atoms with van der Waals surface area (Å²) in [5.74, 6) is 1.50. The highest BCUT2D eigenvalue weighted by Gasteiger charge is 2.17. The number of hydrogen-bond acceptors (Lipinski definition) is 2. The number of nitrogens with one attached hydrogen (secondary N) is 1. The maximum absolute atomic E-state index is 12.0. The number of hydrogen-bond donors (Lipinski definition) is 1. The molecule has 3 rings (SSSR count). The van der Waals surface area contributed by atoms with Crippen molar-refractivity contribution >= 4 is 0 Å². The van der Waals surface area contributed by atoms with Gasteiger partial charge in [-0.25, -0.2) is 4.98 Å². The van der Waals surface area contributed by atoms with Gasteiger partial charge in [-0.1, -0.05) is 26.2 Å². The van der Waals surface area contributed by atoms with Gasteiger partial charge in [0.15, 0.2) is 0 Å². The summed E-state index contributed by atoms with van der Waals surface area (Å²) < 4.78 is 2.02. The van der Waals surface area contributed by atoms with Crippen molar-refractivity contribution in [1.82, 2.24) is 14.5 Å². The van der Waals surface area contributed by atoms with E-state index in [1.54, 1.807) is 12.3 Å². The topological polar surface area (TPSA) is 50.7 Å². The van der Waals surface area contributed by atoms with Gasteiger partial charge in [-0.05, 0) is 24.8 Å². The van der Waals surface area contributed by atoms with Gasteiger partial charge in [-0.2, -0.15) is 0 Å². The predicted molar refractivity (Wildman–Crippen MR) is 79.4 cm³/mol. The minimum atomic E-state index is -0.0150. The van der Waals surface area contributed by atoms with Crippen LogP contribution in [0.1, 0.15) is 56.5 Å². The monoisotopic (exact) mass is 271 g/mol. The predicted octanol–water partition coefficient (Wildman–Crippen LogP) is 3.17. The third-order valence-corrected chi connectivity index (χ3v) is 4.21. The van der Waals surface area contributed by atoms with Gasteiger partial charge in [0.2, 0.25) is 5.56 Å². The van der Waals surface area contributed by atoms with Crippen molar-refractivity contribution in [2.24, 2.45) is 0 Å². The Bertz CT molecular complexity index is 635. The van der Waals surface area contributed by atoms with Crippen molar-refractivity contribution < 1.29 is 0 Å². The standard InChI is InChI=1S/C16H21N3O/c1-2-15-17-8-9-19(15)13-10-14(18-16(20)11-13)12-6-4-3-5-7-12/h8-12H,2-7H2,1H3,(H,18,20). The minimum absolute atomic E-state index is 0.0150. The zero-order valence-corrected chi connectivity index (χ0v) is 11.9. The summed E-state index contributed by atoms with van der Waals surface area (Å²) in [5, 5.41) is 0. The Hall–Kier alpha value is -1.84. The molecule has 0 aromatic carbocycles. The Morgan fingerprint density at radius 3 is 2.85 bits per heavy atom. The molecule has 1 aliphatic rings. The Morgan fingerprint density at radius 2 is 2.10 bits per heavy atom. The van der Waals surface area contributed by atoms with Gasteiger partial charge < -0.3 is 9.55 Å². The van der Waals surface area contributed by atoms with E-state index in [-0.39, 0.29) is 5.56 Å². The molecule has 2 aromatic rings. The third kappa shape index (κ3) is 2.55. The third-order valence-electron chi connectivity index (χ3n) is 4.21. The van der Waals surface area contributed by atoms with Crippen molar-refractivity contribution in [3.05, 3.63) is 46.4 Å². The smallest absolute Gasteiger partial charge is 0.250 e. The quantitative estimate of drug-likeness (QED) is 0.932. The van der Waals surface area contributed by atoms with E-state index in [0.29, 0.717) is 5.92 Å². The van der Waals surface area contributed by atoms with Crippen molar-refractivity contribution in [2.45, 2.75) is 51.4 Å². The van der Waals surface area contributed by atoms with Crippen LogP contribution < -0.4 is 5.56 Å². The molecule has 106 valence electrons. The maximum Gasteiger partial charge on any atom is 0.250 e. The molecule has 20 heavy (non-hydrogen) atoms. The molecule has 4 nitrogen and oxygen atoms in total. The first-order chi connectivity index (χ1) is 9.78. The van der Waals surface area contributed by atoms with Gasteiger partial charge in [-0.3, -0.25) is 4.79 Å². The van der Waals surface area contributed by atoms with E-state index in [2.05, 4.69) is 23.0 Å². The van der Waals surface area contributed by atoms with Gasteiger partial charge >= 0.3 is 0 Å². The molecule has 1 aliphatic carbocycles. The van der Waals surface area contributed by atoms with Crippen LogP contribution in [0.4, 0.5) is 0 Å². The van der Waals surface area contributed by atoms with Crippen LogP contribution in [-0.2, 0) is 6.42 Å². The molecule has 0 aliphatic heterocycles. The van der Waals surface area contributed by atoms with Crippen LogP contribution in [0.25, 0.3) is 5.69 Å². The maximum atomic E-state index is 12.0. The van der Waals surface area contributed by atoms with E-state index in [4.69, 9.17) is 0 Å². The lowest BCUT2D eigenvalue weighted by molar-refractivity contribution is 0.436. The van der Waals surface area contributed by atoms with Crippen LogP contribution in [0, 0.1) is 0 Å². The van der Waals surface area contributed by atoms with E-state index in [9.17, 15) is 4.79 Å². The number of pyridine rings is 1. The van der Waals surface area contributed by atoms with E-state index in [1.165, 1.54) is 32.1 Å². The number of imidazole rings is 1. The number of aryl methyl sites for hydroxylation is 1. The van der Waals surface area contributed by atoms with Crippen LogP contribution in [0.5, 0.6) is 0 Å². The molecule has 4 heteroatoms. The second-order valence-corrected chi connectivity index (χ2v) is 5.56. The normalized spacial score (nSPS) is 16.4. The number of aromatic nitrogens is 3. The first-order valence-electron chi connectivity index (χ1n) is 7.55. The molecule has 1 fully saturated rings. The molecule has 2 heterocycles.